The van der Waals surface area contributed by atoms with E-state index in [1.54, 1.807) is 18.2 Å². The molecule has 0 fully saturated rings. The topological polar surface area (TPSA) is 85.8 Å². The molecule has 0 saturated carbocycles. The van der Waals surface area contributed by atoms with Gasteiger partial charge in [0.2, 0.25) is 11.1 Å². The molecule has 1 amide bonds. The first kappa shape index (κ1) is 18.6. The van der Waals surface area contributed by atoms with E-state index in [2.05, 4.69) is 15.5 Å². The number of carbonyl (C=O) groups excluding carboxylic acids is 1. The third-order valence-electron chi connectivity index (χ3n) is 3.46. The van der Waals surface area contributed by atoms with Crippen LogP contribution in [0.15, 0.2) is 53.7 Å². The number of hydrogen-bond acceptors (Lipinski definition) is 5. The molecule has 0 saturated heterocycles. The number of aromatic nitrogens is 3. The van der Waals surface area contributed by atoms with Gasteiger partial charge in [-0.15, -0.1) is 10.2 Å². The second-order valence-corrected chi connectivity index (χ2v) is 7.20. The van der Waals surface area contributed by atoms with Crippen molar-refractivity contribution in [2.75, 3.05) is 11.6 Å². The fourth-order valence-electron chi connectivity index (χ4n) is 2.23. The lowest BCUT2D eigenvalue weighted by molar-refractivity contribution is -0.118. The van der Waals surface area contributed by atoms with E-state index in [-0.39, 0.29) is 11.7 Å². The summed E-state index contributed by atoms with van der Waals surface area (Å²) >= 11 is 13.1. The van der Waals surface area contributed by atoms with Crippen LogP contribution in [-0.4, -0.2) is 26.5 Å². The number of benzene rings is 2. The van der Waals surface area contributed by atoms with Gasteiger partial charge in [0.1, 0.15) is 0 Å². The van der Waals surface area contributed by atoms with E-state index in [0.717, 1.165) is 11.1 Å². The van der Waals surface area contributed by atoms with E-state index in [4.69, 9.17) is 29.0 Å². The zero-order valence-electron chi connectivity index (χ0n) is 13.5. The molecule has 0 spiro atoms. The summed E-state index contributed by atoms with van der Waals surface area (Å²) in [5.41, 5.74) is 1.69. The van der Waals surface area contributed by atoms with Crippen LogP contribution in [0.5, 0.6) is 0 Å². The smallest absolute Gasteiger partial charge is 0.230 e. The number of nitrogen functional groups attached to an aromatic ring is 1. The summed E-state index contributed by atoms with van der Waals surface area (Å²) in [5, 5.41) is 12.6. The molecule has 0 aliphatic carbocycles. The number of nitrogens with one attached hydrogen (secondary N) is 1. The molecule has 0 bridgehead atoms. The highest BCUT2D eigenvalue weighted by molar-refractivity contribution is 7.99. The SMILES string of the molecule is Nn1c(SCC(=O)NCc2cccc(Cl)c2)nnc1-c1cccc(Cl)c1. The summed E-state index contributed by atoms with van der Waals surface area (Å²) < 4.78 is 1.35. The number of hydrogen-bond donors (Lipinski definition) is 2. The van der Waals surface area contributed by atoms with Gasteiger partial charge in [-0.25, -0.2) is 4.68 Å². The molecule has 3 N–H and O–H groups in total. The van der Waals surface area contributed by atoms with Gasteiger partial charge in [-0.3, -0.25) is 4.79 Å². The van der Waals surface area contributed by atoms with Crippen molar-refractivity contribution >= 4 is 40.9 Å². The van der Waals surface area contributed by atoms with Crippen LogP contribution in [0.3, 0.4) is 0 Å². The van der Waals surface area contributed by atoms with E-state index in [1.807, 2.05) is 30.3 Å². The van der Waals surface area contributed by atoms with Gasteiger partial charge < -0.3 is 11.2 Å². The standard InChI is InChI=1S/C17H15Cl2N5OS/c18-13-5-1-3-11(7-13)9-21-15(25)10-26-17-23-22-16(24(17)20)12-4-2-6-14(19)8-12/h1-8H,9-10,20H2,(H,21,25). The fraction of sp³-hybridized carbons (Fsp3) is 0.118. The maximum Gasteiger partial charge on any atom is 0.230 e. The Bertz CT molecular complexity index is 931. The fourth-order valence-corrected chi connectivity index (χ4v) is 3.32. The second kappa shape index (κ2) is 8.44. The summed E-state index contributed by atoms with van der Waals surface area (Å²) in [6.07, 6.45) is 0. The zero-order chi connectivity index (χ0) is 18.5. The monoisotopic (exact) mass is 407 g/mol. The molecule has 3 aromatic rings. The maximum absolute atomic E-state index is 12.0. The summed E-state index contributed by atoms with van der Waals surface area (Å²) in [4.78, 5) is 12.0. The average Bonchev–Trinajstić information content (AvgIpc) is 2.99. The third-order valence-corrected chi connectivity index (χ3v) is 4.87. The Balaban J connectivity index is 1.57. The second-order valence-electron chi connectivity index (χ2n) is 5.38. The summed E-state index contributed by atoms with van der Waals surface area (Å²) in [5.74, 6) is 6.55. The van der Waals surface area contributed by atoms with Gasteiger partial charge in [0.25, 0.3) is 0 Å². The van der Waals surface area contributed by atoms with Gasteiger partial charge in [0.05, 0.1) is 5.75 Å². The highest BCUT2D eigenvalue weighted by Crippen LogP contribution is 2.23. The van der Waals surface area contributed by atoms with Gasteiger partial charge in [0.15, 0.2) is 5.82 Å². The highest BCUT2D eigenvalue weighted by Gasteiger charge is 2.14. The molecule has 0 aliphatic rings. The van der Waals surface area contributed by atoms with Gasteiger partial charge in [-0.2, -0.15) is 0 Å². The summed E-state index contributed by atoms with van der Waals surface area (Å²) in [7, 11) is 0. The van der Waals surface area contributed by atoms with Crippen LogP contribution in [0.25, 0.3) is 11.4 Å². The lowest BCUT2D eigenvalue weighted by Crippen LogP contribution is -2.25. The van der Waals surface area contributed by atoms with Gasteiger partial charge in [-0.1, -0.05) is 59.2 Å². The van der Waals surface area contributed by atoms with Crippen LogP contribution >= 0.6 is 35.0 Å². The summed E-state index contributed by atoms with van der Waals surface area (Å²) in [6, 6.07) is 14.5. The van der Waals surface area contributed by atoms with Crippen molar-refractivity contribution in [1.29, 1.82) is 0 Å². The number of halogens is 2. The number of nitrogens with two attached hydrogens (primary N) is 1. The molecular weight excluding hydrogens is 393 g/mol. The maximum atomic E-state index is 12.0. The molecule has 0 atom stereocenters. The van der Waals surface area contributed by atoms with E-state index < -0.39 is 0 Å². The van der Waals surface area contributed by atoms with Crippen molar-refractivity contribution in [3.05, 3.63) is 64.1 Å². The van der Waals surface area contributed by atoms with Crippen molar-refractivity contribution < 1.29 is 4.79 Å². The van der Waals surface area contributed by atoms with E-state index >= 15 is 0 Å². The first-order chi connectivity index (χ1) is 12.5. The normalized spacial score (nSPS) is 10.7. The molecular formula is C17H15Cl2N5OS. The number of amides is 1. The van der Waals surface area contributed by atoms with Crippen LogP contribution in [-0.2, 0) is 11.3 Å². The van der Waals surface area contributed by atoms with Crippen molar-refractivity contribution in [3.8, 4) is 11.4 Å². The molecule has 1 heterocycles. The minimum Gasteiger partial charge on any atom is -0.351 e. The minimum absolute atomic E-state index is 0.137. The van der Waals surface area contributed by atoms with Crippen LogP contribution in [0.1, 0.15) is 5.56 Å². The van der Waals surface area contributed by atoms with Crippen LogP contribution in [0.2, 0.25) is 10.0 Å². The summed E-state index contributed by atoms with van der Waals surface area (Å²) in [6.45, 7) is 0.406. The van der Waals surface area contributed by atoms with E-state index in [0.29, 0.717) is 27.6 Å². The molecule has 3 rings (SSSR count). The molecule has 0 aliphatic heterocycles. The Morgan fingerprint density at radius 2 is 1.85 bits per heavy atom. The molecule has 26 heavy (non-hydrogen) atoms. The van der Waals surface area contributed by atoms with Gasteiger partial charge in [0, 0.05) is 22.2 Å². The Kier molecular flexibility index (Phi) is 6.03. The molecule has 6 nitrogen and oxygen atoms in total. The predicted molar refractivity (Wildman–Crippen MR) is 105 cm³/mol. The number of rotatable bonds is 6. The van der Waals surface area contributed by atoms with Crippen LogP contribution < -0.4 is 11.2 Å². The number of nitrogens with zero attached hydrogens (tertiary/aromatic N) is 3. The third kappa shape index (κ3) is 4.69. The number of thioether (sulfide) groups is 1. The Labute approximate surface area is 164 Å². The lowest BCUT2D eigenvalue weighted by Gasteiger charge is -2.06. The molecule has 134 valence electrons. The first-order valence-corrected chi connectivity index (χ1v) is 9.37. The molecule has 0 radical (unpaired) electrons. The van der Waals surface area contributed by atoms with Crippen molar-refractivity contribution in [2.24, 2.45) is 0 Å². The molecule has 2 aromatic carbocycles. The zero-order valence-corrected chi connectivity index (χ0v) is 15.9. The van der Waals surface area contributed by atoms with Crippen LogP contribution in [0.4, 0.5) is 0 Å². The predicted octanol–water partition coefficient (Wildman–Crippen LogP) is 3.37. The molecule has 0 unspecified atom stereocenters. The van der Waals surface area contributed by atoms with Crippen molar-refractivity contribution in [3.63, 3.8) is 0 Å². The van der Waals surface area contributed by atoms with Gasteiger partial charge >= 0.3 is 0 Å². The minimum atomic E-state index is -0.137. The number of carbonyl (C=O) groups is 1. The first-order valence-electron chi connectivity index (χ1n) is 7.63. The Hall–Kier alpha value is -2.22. The highest BCUT2D eigenvalue weighted by atomic mass is 35.5. The van der Waals surface area contributed by atoms with Gasteiger partial charge in [-0.05, 0) is 29.8 Å². The average molecular weight is 408 g/mol. The molecule has 1 aromatic heterocycles. The Morgan fingerprint density at radius 3 is 2.58 bits per heavy atom. The van der Waals surface area contributed by atoms with E-state index in [1.165, 1.54) is 16.4 Å². The van der Waals surface area contributed by atoms with Crippen LogP contribution in [0, 0.1) is 0 Å². The molecule has 9 heteroatoms. The van der Waals surface area contributed by atoms with E-state index in [9.17, 15) is 4.79 Å². The van der Waals surface area contributed by atoms with Crippen molar-refractivity contribution in [2.45, 2.75) is 11.7 Å². The largest absolute Gasteiger partial charge is 0.351 e. The van der Waals surface area contributed by atoms with Crippen molar-refractivity contribution in [1.82, 2.24) is 20.2 Å². The quantitative estimate of drug-likeness (QED) is 0.483. The Morgan fingerprint density at radius 1 is 1.12 bits per heavy atom. The lowest BCUT2D eigenvalue weighted by atomic mass is 10.2.